The summed E-state index contributed by atoms with van der Waals surface area (Å²) in [5, 5.41) is 3.48. The van der Waals surface area contributed by atoms with Crippen molar-refractivity contribution in [3.8, 4) is 0 Å². The molecule has 2 heterocycles. The van der Waals surface area contributed by atoms with Crippen LogP contribution in [0.1, 0.15) is 29.1 Å². The molecule has 84 valence electrons. The van der Waals surface area contributed by atoms with E-state index in [9.17, 15) is 0 Å². The van der Waals surface area contributed by atoms with Gasteiger partial charge in [0, 0.05) is 29.9 Å². The number of hydrogen-bond acceptors (Lipinski definition) is 4. The van der Waals surface area contributed by atoms with Crippen LogP contribution in [0.15, 0.2) is 30.0 Å². The second-order valence-electron chi connectivity index (χ2n) is 3.74. The first-order chi connectivity index (χ1) is 7.77. The summed E-state index contributed by atoms with van der Waals surface area (Å²) >= 11 is 1.70. The summed E-state index contributed by atoms with van der Waals surface area (Å²) in [6.45, 7) is 5.08. The second-order valence-corrected chi connectivity index (χ2v) is 4.68. The highest BCUT2D eigenvalue weighted by atomic mass is 32.1. The number of hydrogen-bond donors (Lipinski definition) is 1. The third-order valence-corrected chi connectivity index (χ3v) is 3.55. The number of thiazole rings is 1. The van der Waals surface area contributed by atoms with Gasteiger partial charge in [0.1, 0.15) is 0 Å². The first-order valence-electron chi connectivity index (χ1n) is 5.29. The lowest BCUT2D eigenvalue weighted by Gasteiger charge is -2.13. The van der Waals surface area contributed by atoms with Crippen LogP contribution in [-0.4, -0.2) is 9.97 Å². The Kier molecular flexibility index (Phi) is 3.64. The molecule has 0 spiro atoms. The van der Waals surface area contributed by atoms with Crippen LogP contribution in [0.5, 0.6) is 0 Å². The molecule has 0 aromatic carbocycles. The molecular weight excluding hydrogens is 218 g/mol. The van der Waals surface area contributed by atoms with E-state index in [2.05, 4.69) is 22.2 Å². The van der Waals surface area contributed by atoms with Crippen molar-refractivity contribution < 1.29 is 0 Å². The van der Waals surface area contributed by atoms with Gasteiger partial charge < -0.3 is 5.32 Å². The average Bonchev–Trinajstić information content (AvgIpc) is 2.73. The minimum absolute atomic E-state index is 0.338. The lowest BCUT2D eigenvalue weighted by molar-refractivity contribution is 0.576. The van der Waals surface area contributed by atoms with Gasteiger partial charge in [-0.15, -0.1) is 11.3 Å². The Labute approximate surface area is 99.6 Å². The fraction of sp³-hybridized carbons (Fsp3) is 0.333. The van der Waals surface area contributed by atoms with Crippen LogP contribution < -0.4 is 5.32 Å². The highest BCUT2D eigenvalue weighted by Crippen LogP contribution is 2.15. The Bertz CT molecular complexity index is 439. The van der Waals surface area contributed by atoms with Gasteiger partial charge in [-0.05, 0) is 31.5 Å². The Hall–Kier alpha value is -1.26. The third-order valence-electron chi connectivity index (χ3n) is 2.62. The largest absolute Gasteiger partial charge is 0.305 e. The van der Waals surface area contributed by atoms with Crippen molar-refractivity contribution in [1.29, 1.82) is 0 Å². The number of aryl methyl sites for hydroxylation is 1. The van der Waals surface area contributed by atoms with E-state index >= 15 is 0 Å². The third kappa shape index (κ3) is 2.65. The molecule has 0 unspecified atom stereocenters. The Morgan fingerprint density at radius 3 is 2.75 bits per heavy atom. The molecule has 0 aliphatic rings. The summed E-state index contributed by atoms with van der Waals surface area (Å²) < 4.78 is 0. The second kappa shape index (κ2) is 5.18. The molecule has 16 heavy (non-hydrogen) atoms. The van der Waals surface area contributed by atoms with Crippen molar-refractivity contribution in [2.45, 2.75) is 26.4 Å². The number of rotatable bonds is 4. The molecule has 0 saturated heterocycles. The van der Waals surface area contributed by atoms with Gasteiger partial charge in [-0.3, -0.25) is 4.98 Å². The van der Waals surface area contributed by atoms with Crippen LogP contribution in [-0.2, 0) is 6.54 Å². The van der Waals surface area contributed by atoms with E-state index in [1.165, 1.54) is 10.4 Å². The van der Waals surface area contributed by atoms with Gasteiger partial charge in [0.15, 0.2) is 0 Å². The minimum Gasteiger partial charge on any atom is -0.305 e. The lowest BCUT2D eigenvalue weighted by atomic mass is 10.1. The van der Waals surface area contributed by atoms with Gasteiger partial charge in [-0.25, -0.2) is 4.98 Å². The summed E-state index contributed by atoms with van der Waals surface area (Å²) in [6.07, 6.45) is 3.65. The topological polar surface area (TPSA) is 37.8 Å². The zero-order chi connectivity index (χ0) is 11.4. The molecule has 1 atom stereocenters. The Morgan fingerprint density at radius 2 is 2.12 bits per heavy atom. The van der Waals surface area contributed by atoms with Gasteiger partial charge in [0.05, 0.1) is 11.2 Å². The van der Waals surface area contributed by atoms with Gasteiger partial charge in [-0.1, -0.05) is 0 Å². The Balaban J connectivity index is 1.94. The van der Waals surface area contributed by atoms with E-state index in [0.29, 0.717) is 6.04 Å². The molecule has 0 radical (unpaired) electrons. The van der Waals surface area contributed by atoms with E-state index in [0.717, 1.165) is 12.2 Å². The molecule has 2 aromatic rings. The van der Waals surface area contributed by atoms with E-state index in [1.807, 2.05) is 37.0 Å². The molecule has 0 saturated carbocycles. The van der Waals surface area contributed by atoms with Gasteiger partial charge in [0.25, 0.3) is 0 Å². The molecule has 0 aliphatic heterocycles. The summed E-state index contributed by atoms with van der Waals surface area (Å²) in [7, 11) is 0. The van der Waals surface area contributed by atoms with Crippen LogP contribution in [0, 0.1) is 6.92 Å². The van der Waals surface area contributed by atoms with Crippen molar-refractivity contribution >= 4 is 11.3 Å². The van der Waals surface area contributed by atoms with Crippen molar-refractivity contribution in [2.24, 2.45) is 0 Å². The van der Waals surface area contributed by atoms with Crippen LogP contribution >= 0.6 is 11.3 Å². The van der Waals surface area contributed by atoms with Crippen LogP contribution in [0.25, 0.3) is 0 Å². The van der Waals surface area contributed by atoms with Gasteiger partial charge in [-0.2, -0.15) is 0 Å². The number of aromatic nitrogens is 2. The first-order valence-corrected chi connectivity index (χ1v) is 6.17. The average molecular weight is 233 g/mol. The number of pyridine rings is 1. The lowest BCUT2D eigenvalue weighted by Crippen LogP contribution is -2.17. The molecule has 1 N–H and O–H groups in total. The predicted molar refractivity (Wildman–Crippen MR) is 66.3 cm³/mol. The smallest absolute Gasteiger partial charge is 0.0798 e. The summed E-state index contributed by atoms with van der Waals surface area (Å²) in [5.41, 5.74) is 4.28. The maximum atomic E-state index is 4.24. The van der Waals surface area contributed by atoms with Crippen molar-refractivity contribution in [3.05, 3.63) is 46.2 Å². The normalized spacial score (nSPS) is 12.6. The van der Waals surface area contributed by atoms with Crippen LogP contribution in [0.4, 0.5) is 0 Å². The molecule has 0 fully saturated rings. The molecule has 0 bridgehead atoms. The highest BCUT2D eigenvalue weighted by molar-refractivity contribution is 7.09. The van der Waals surface area contributed by atoms with Crippen molar-refractivity contribution in [1.82, 2.24) is 15.3 Å². The fourth-order valence-corrected chi connectivity index (χ4v) is 2.24. The van der Waals surface area contributed by atoms with E-state index < -0.39 is 0 Å². The molecule has 2 rings (SSSR count). The molecule has 4 heteroatoms. The maximum absolute atomic E-state index is 4.24. The standard InChI is InChI=1S/C12H15N3S/c1-9(11-3-5-13-6-4-11)14-7-12-10(2)15-8-16-12/h3-6,8-9,14H,7H2,1-2H3/t9-/m0/s1. The minimum atomic E-state index is 0.338. The molecule has 3 nitrogen and oxygen atoms in total. The summed E-state index contributed by atoms with van der Waals surface area (Å²) in [5.74, 6) is 0. The monoisotopic (exact) mass is 233 g/mol. The van der Waals surface area contributed by atoms with E-state index in [-0.39, 0.29) is 0 Å². The zero-order valence-corrected chi connectivity index (χ0v) is 10.3. The van der Waals surface area contributed by atoms with Crippen molar-refractivity contribution in [2.75, 3.05) is 0 Å². The summed E-state index contributed by atoms with van der Waals surface area (Å²) in [4.78, 5) is 9.56. The van der Waals surface area contributed by atoms with Crippen molar-refractivity contribution in [3.63, 3.8) is 0 Å². The van der Waals surface area contributed by atoms with E-state index in [1.54, 1.807) is 11.3 Å². The van der Waals surface area contributed by atoms with Crippen LogP contribution in [0.2, 0.25) is 0 Å². The maximum Gasteiger partial charge on any atom is 0.0798 e. The van der Waals surface area contributed by atoms with Gasteiger partial charge >= 0.3 is 0 Å². The number of nitrogens with one attached hydrogen (secondary N) is 1. The molecular formula is C12H15N3S. The van der Waals surface area contributed by atoms with E-state index in [4.69, 9.17) is 0 Å². The number of nitrogens with zero attached hydrogens (tertiary/aromatic N) is 2. The molecule has 0 amide bonds. The fourth-order valence-electron chi connectivity index (χ4n) is 1.51. The predicted octanol–water partition coefficient (Wildman–Crippen LogP) is 2.70. The van der Waals surface area contributed by atoms with Crippen LogP contribution in [0.3, 0.4) is 0 Å². The molecule has 0 aliphatic carbocycles. The zero-order valence-electron chi connectivity index (χ0n) is 9.47. The van der Waals surface area contributed by atoms with Gasteiger partial charge in [0.2, 0.25) is 0 Å². The SMILES string of the molecule is Cc1ncsc1CN[C@@H](C)c1ccncc1. The molecule has 2 aromatic heterocycles. The first kappa shape index (κ1) is 11.2. The summed E-state index contributed by atoms with van der Waals surface area (Å²) in [6, 6.07) is 4.42. The quantitative estimate of drug-likeness (QED) is 0.882. The highest BCUT2D eigenvalue weighted by Gasteiger charge is 2.06. The Morgan fingerprint density at radius 1 is 1.38 bits per heavy atom.